The molecule has 0 heterocycles. The molecule has 0 bridgehead atoms. The number of amides is 1. The summed E-state index contributed by atoms with van der Waals surface area (Å²) in [5, 5.41) is 10.7. The van der Waals surface area contributed by atoms with Gasteiger partial charge in [-0.05, 0) is 25.5 Å². The molecule has 0 saturated carbocycles. The molecule has 0 radical (unpaired) electrons. The van der Waals surface area contributed by atoms with E-state index in [1.54, 1.807) is 6.07 Å². The van der Waals surface area contributed by atoms with Gasteiger partial charge in [-0.25, -0.2) is 0 Å². The fourth-order valence-electron chi connectivity index (χ4n) is 1.32. The SMILES string of the molecule is Cc1ccc(C(=O)NCC(=O)O)c(C)c1. The third kappa shape index (κ3) is 3.09. The van der Waals surface area contributed by atoms with Gasteiger partial charge in [0.1, 0.15) is 6.54 Å². The van der Waals surface area contributed by atoms with Gasteiger partial charge >= 0.3 is 5.97 Å². The fourth-order valence-corrected chi connectivity index (χ4v) is 1.32. The summed E-state index contributed by atoms with van der Waals surface area (Å²) in [5.74, 6) is -1.40. The number of aryl methyl sites for hydroxylation is 2. The zero-order valence-corrected chi connectivity index (χ0v) is 8.70. The topological polar surface area (TPSA) is 66.4 Å². The average Bonchev–Trinajstić information content (AvgIpc) is 2.14. The molecule has 1 aromatic carbocycles. The Labute approximate surface area is 87.9 Å². The highest BCUT2D eigenvalue weighted by atomic mass is 16.4. The van der Waals surface area contributed by atoms with Crippen LogP contribution in [0.5, 0.6) is 0 Å². The number of carbonyl (C=O) groups is 2. The van der Waals surface area contributed by atoms with Gasteiger partial charge in [0.05, 0.1) is 0 Å². The number of aliphatic carboxylic acids is 1. The van der Waals surface area contributed by atoms with Gasteiger partial charge in [0.2, 0.25) is 0 Å². The van der Waals surface area contributed by atoms with Crippen LogP contribution in [0.1, 0.15) is 21.5 Å². The molecule has 0 saturated heterocycles. The summed E-state index contributed by atoms with van der Waals surface area (Å²) in [6.45, 7) is 3.40. The molecule has 2 N–H and O–H groups in total. The molecule has 0 aliphatic carbocycles. The van der Waals surface area contributed by atoms with E-state index in [0.29, 0.717) is 5.56 Å². The maximum Gasteiger partial charge on any atom is 0.322 e. The maximum absolute atomic E-state index is 11.5. The van der Waals surface area contributed by atoms with Gasteiger partial charge in [-0.1, -0.05) is 17.7 Å². The van der Waals surface area contributed by atoms with E-state index in [0.717, 1.165) is 11.1 Å². The van der Waals surface area contributed by atoms with Crippen molar-refractivity contribution in [3.63, 3.8) is 0 Å². The van der Waals surface area contributed by atoms with Gasteiger partial charge in [0.25, 0.3) is 5.91 Å². The first-order valence-electron chi connectivity index (χ1n) is 4.58. The van der Waals surface area contributed by atoms with Crippen LogP contribution in [0, 0.1) is 13.8 Å². The van der Waals surface area contributed by atoms with Crippen molar-refractivity contribution in [1.82, 2.24) is 5.32 Å². The third-order valence-electron chi connectivity index (χ3n) is 2.03. The lowest BCUT2D eigenvalue weighted by Crippen LogP contribution is -2.29. The summed E-state index contributed by atoms with van der Waals surface area (Å²) in [7, 11) is 0. The number of nitrogens with one attached hydrogen (secondary N) is 1. The molecule has 0 aromatic heterocycles. The zero-order valence-electron chi connectivity index (χ0n) is 8.70. The molecule has 1 amide bonds. The molecule has 0 aliphatic rings. The minimum Gasteiger partial charge on any atom is -0.480 e. The summed E-state index contributed by atoms with van der Waals surface area (Å²) < 4.78 is 0. The molecular formula is C11H13NO3. The summed E-state index contributed by atoms with van der Waals surface area (Å²) in [5.41, 5.74) is 2.43. The lowest BCUT2D eigenvalue weighted by atomic mass is 10.1. The maximum atomic E-state index is 11.5. The summed E-state index contributed by atoms with van der Waals surface area (Å²) in [6.07, 6.45) is 0. The fraction of sp³-hybridized carbons (Fsp3) is 0.273. The number of carbonyl (C=O) groups excluding carboxylic acids is 1. The lowest BCUT2D eigenvalue weighted by molar-refractivity contribution is -0.135. The van der Waals surface area contributed by atoms with Gasteiger partial charge < -0.3 is 10.4 Å². The van der Waals surface area contributed by atoms with Crippen molar-refractivity contribution in [2.45, 2.75) is 13.8 Å². The second-order valence-electron chi connectivity index (χ2n) is 3.39. The van der Waals surface area contributed by atoms with E-state index in [-0.39, 0.29) is 12.5 Å². The highest BCUT2D eigenvalue weighted by Crippen LogP contribution is 2.09. The molecule has 15 heavy (non-hydrogen) atoms. The van der Waals surface area contributed by atoms with Crippen molar-refractivity contribution >= 4 is 11.9 Å². The van der Waals surface area contributed by atoms with E-state index in [1.807, 2.05) is 26.0 Å². The molecule has 0 fully saturated rings. The number of hydrogen-bond acceptors (Lipinski definition) is 2. The molecular weight excluding hydrogens is 194 g/mol. The molecule has 4 heteroatoms. The minimum absolute atomic E-state index is 0.352. The third-order valence-corrected chi connectivity index (χ3v) is 2.03. The Balaban J connectivity index is 2.78. The van der Waals surface area contributed by atoms with Crippen molar-refractivity contribution in [3.8, 4) is 0 Å². The normalized spacial score (nSPS) is 9.73. The second kappa shape index (κ2) is 4.59. The van der Waals surface area contributed by atoms with E-state index >= 15 is 0 Å². The van der Waals surface area contributed by atoms with E-state index in [4.69, 9.17) is 5.11 Å². The van der Waals surface area contributed by atoms with Crippen LogP contribution in [0.25, 0.3) is 0 Å². The number of rotatable bonds is 3. The molecule has 1 rings (SSSR count). The van der Waals surface area contributed by atoms with Crippen LogP contribution < -0.4 is 5.32 Å². The summed E-state index contributed by atoms with van der Waals surface area (Å²) in [4.78, 5) is 21.8. The highest BCUT2D eigenvalue weighted by molar-refractivity contribution is 5.97. The Morgan fingerprint density at radius 2 is 2.00 bits per heavy atom. The lowest BCUT2D eigenvalue weighted by Gasteiger charge is -2.06. The Morgan fingerprint density at radius 1 is 1.33 bits per heavy atom. The number of hydrogen-bond donors (Lipinski definition) is 2. The Bertz CT molecular complexity index is 399. The molecule has 0 unspecified atom stereocenters. The monoisotopic (exact) mass is 207 g/mol. The van der Waals surface area contributed by atoms with E-state index in [1.165, 1.54) is 0 Å². The van der Waals surface area contributed by atoms with Gasteiger partial charge in [0, 0.05) is 5.56 Å². The van der Waals surface area contributed by atoms with Gasteiger partial charge in [-0.15, -0.1) is 0 Å². The quantitative estimate of drug-likeness (QED) is 0.780. The highest BCUT2D eigenvalue weighted by Gasteiger charge is 2.09. The number of benzene rings is 1. The van der Waals surface area contributed by atoms with Crippen molar-refractivity contribution in [2.24, 2.45) is 0 Å². The van der Waals surface area contributed by atoms with Crippen LogP contribution in [0.2, 0.25) is 0 Å². The van der Waals surface area contributed by atoms with Crippen molar-refractivity contribution in [2.75, 3.05) is 6.54 Å². The molecule has 0 spiro atoms. The standard InChI is InChI=1S/C11H13NO3/c1-7-3-4-9(8(2)5-7)11(15)12-6-10(13)14/h3-5H,6H2,1-2H3,(H,12,15)(H,13,14). The summed E-state index contributed by atoms with van der Waals surface area (Å²) in [6, 6.07) is 5.40. The molecule has 4 nitrogen and oxygen atoms in total. The van der Waals surface area contributed by atoms with Crippen LogP contribution in [0.15, 0.2) is 18.2 Å². The molecule has 0 atom stereocenters. The largest absolute Gasteiger partial charge is 0.480 e. The van der Waals surface area contributed by atoms with Crippen molar-refractivity contribution < 1.29 is 14.7 Å². The first kappa shape index (κ1) is 11.2. The summed E-state index contributed by atoms with van der Waals surface area (Å²) >= 11 is 0. The Hall–Kier alpha value is -1.84. The van der Waals surface area contributed by atoms with E-state index < -0.39 is 5.97 Å². The Kier molecular flexibility index (Phi) is 3.44. The smallest absolute Gasteiger partial charge is 0.322 e. The van der Waals surface area contributed by atoms with Gasteiger partial charge in [-0.3, -0.25) is 9.59 Å². The molecule has 0 aliphatic heterocycles. The van der Waals surface area contributed by atoms with Crippen LogP contribution in [0.4, 0.5) is 0 Å². The van der Waals surface area contributed by atoms with Crippen LogP contribution in [-0.2, 0) is 4.79 Å². The zero-order chi connectivity index (χ0) is 11.4. The van der Waals surface area contributed by atoms with Crippen molar-refractivity contribution in [3.05, 3.63) is 34.9 Å². The van der Waals surface area contributed by atoms with Gasteiger partial charge in [-0.2, -0.15) is 0 Å². The Morgan fingerprint density at radius 3 is 2.53 bits per heavy atom. The first-order chi connectivity index (χ1) is 7.00. The number of carboxylic acids is 1. The first-order valence-corrected chi connectivity index (χ1v) is 4.58. The number of carboxylic acid groups (broad SMARTS) is 1. The van der Waals surface area contributed by atoms with E-state index in [9.17, 15) is 9.59 Å². The average molecular weight is 207 g/mol. The van der Waals surface area contributed by atoms with E-state index in [2.05, 4.69) is 5.32 Å². The predicted molar refractivity (Wildman–Crippen MR) is 55.9 cm³/mol. The molecule has 80 valence electrons. The predicted octanol–water partition coefficient (Wildman–Crippen LogP) is 1.12. The minimum atomic E-state index is -1.05. The van der Waals surface area contributed by atoms with Crippen LogP contribution in [-0.4, -0.2) is 23.5 Å². The molecule has 1 aromatic rings. The van der Waals surface area contributed by atoms with Crippen LogP contribution >= 0.6 is 0 Å². The second-order valence-corrected chi connectivity index (χ2v) is 3.39. The van der Waals surface area contributed by atoms with Crippen LogP contribution in [0.3, 0.4) is 0 Å². The van der Waals surface area contributed by atoms with Crippen molar-refractivity contribution in [1.29, 1.82) is 0 Å². The van der Waals surface area contributed by atoms with Gasteiger partial charge in [0.15, 0.2) is 0 Å².